The van der Waals surface area contributed by atoms with Gasteiger partial charge in [0, 0.05) is 10.6 Å². The van der Waals surface area contributed by atoms with Crippen molar-refractivity contribution >= 4 is 17.5 Å². The van der Waals surface area contributed by atoms with Gasteiger partial charge in [0.15, 0.2) is 5.90 Å². The summed E-state index contributed by atoms with van der Waals surface area (Å²) in [5, 5.41) is 7.70. The van der Waals surface area contributed by atoms with Gasteiger partial charge in [-0.15, -0.1) is 0 Å². The summed E-state index contributed by atoms with van der Waals surface area (Å²) in [5.74, 6) is -0.374. The Labute approximate surface area is 87.2 Å². The van der Waals surface area contributed by atoms with Crippen molar-refractivity contribution in [1.82, 2.24) is 0 Å². The van der Waals surface area contributed by atoms with E-state index >= 15 is 0 Å². The van der Waals surface area contributed by atoms with Crippen LogP contribution in [-0.4, -0.2) is 12.5 Å². The fraction of sp³-hybridized carbons (Fsp3) is 0.300. The third-order valence-corrected chi connectivity index (χ3v) is 2.07. The van der Waals surface area contributed by atoms with Gasteiger partial charge in [-0.05, 0) is 19.1 Å². The molecule has 0 aromatic heterocycles. The van der Waals surface area contributed by atoms with Crippen molar-refractivity contribution in [2.24, 2.45) is 0 Å². The molecule has 0 aliphatic rings. The maximum atomic E-state index is 13.2. The fourth-order valence-electron chi connectivity index (χ4n) is 1.09. The lowest BCUT2D eigenvalue weighted by Crippen LogP contribution is -2.08. The molecule has 0 radical (unpaired) electrons. The zero-order valence-corrected chi connectivity index (χ0v) is 8.57. The molecular weight excluding hydrogens is 205 g/mol. The largest absolute Gasteiger partial charge is 0.481 e. The van der Waals surface area contributed by atoms with Crippen LogP contribution in [-0.2, 0) is 11.2 Å². The van der Waals surface area contributed by atoms with Crippen LogP contribution in [0.4, 0.5) is 4.39 Å². The monoisotopic (exact) mass is 215 g/mol. The summed E-state index contributed by atoms with van der Waals surface area (Å²) in [6.07, 6.45) is 0.0966. The first-order valence-corrected chi connectivity index (χ1v) is 4.66. The van der Waals surface area contributed by atoms with E-state index in [1.807, 2.05) is 0 Å². The lowest BCUT2D eigenvalue weighted by atomic mass is 10.1. The Hall–Kier alpha value is -1.09. The average molecular weight is 216 g/mol. The van der Waals surface area contributed by atoms with Crippen LogP contribution >= 0.6 is 11.6 Å². The Balaban J connectivity index is 2.80. The van der Waals surface area contributed by atoms with E-state index < -0.39 is 5.82 Å². The molecule has 0 saturated heterocycles. The van der Waals surface area contributed by atoms with Gasteiger partial charge < -0.3 is 4.74 Å². The standard InChI is InChI=1S/C10H11ClFNO/c1-2-14-10(13)6-7-8(11)4-3-5-9(7)12/h3-5,13H,2,6H2,1H3. The summed E-state index contributed by atoms with van der Waals surface area (Å²) in [7, 11) is 0. The van der Waals surface area contributed by atoms with E-state index in [0.29, 0.717) is 17.2 Å². The van der Waals surface area contributed by atoms with Crippen molar-refractivity contribution in [2.45, 2.75) is 13.3 Å². The van der Waals surface area contributed by atoms with Crippen molar-refractivity contribution in [1.29, 1.82) is 5.41 Å². The number of hydrogen-bond donors (Lipinski definition) is 1. The van der Waals surface area contributed by atoms with Crippen LogP contribution in [0.2, 0.25) is 5.02 Å². The minimum atomic E-state index is -0.401. The van der Waals surface area contributed by atoms with Crippen LogP contribution in [0.25, 0.3) is 0 Å². The summed E-state index contributed by atoms with van der Waals surface area (Å²) < 4.78 is 18.1. The number of benzene rings is 1. The molecule has 4 heteroatoms. The normalized spacial score (nSPS) is 9.93. The van der Waals surface area contributed by atoms with Crippen LogP contribution in [0.1, 0.15) is 12.5 Å². The zero-order chi connectivity index (χ0) is 10.6. The molecule has 14 heavy (non-hydrogen) atoms. The average Bonchev–Trinajstić information content (AvgIpc) is 2.12. The summed E-state index contributed by atoms with van der Waals surface area (Å²) >= 11 is 5.78. The van der Waals surface area contributed by atoms with Crippen LogP contribution in [0, 0.1) is 11.2 Å². The number of ether oxygens (including phenoxy) is 1. The zero-order valence-electron chi connectivity index (χ0n) is 7.81. The maximum Gasteiger partial charge on any atom is 0.185 e. The Bertz CT molecular complexity index is 321. The van der Waals surface area contributed by atoms with E-state index in [-0.39, 0.29) is 12.3 Å². The Morgan fingerprint density at radius 1 is 1.57 bits per heavy atom. The van der Waals surface area contributed by atoms with Crippen molar-refractivity contribution in [2.75, 3.05) is 6.61 Å². The highest BCUT2D eigenvalue weighted by Crippen LogP contribution is 2.19. The molecule has 1 N–H and O–H groups in total. The molecule has 0 aliphatic heterocycles. The molecule has 0 amide bonds. The Morgan fingerprint density at radius 3 is 2.86 bits per heavy atom. The molecule has 0 saturated carbocycles. The van der Waals surface area contributed by atoms with Crippen LogP contribution in [0.15, 0.2) is 18.2 Å². The number of rotatable bonds is 3. The van der Waals surface area contributed by atoms with Crippen LogP contribution in [0.3, 0.4) is 0 Å². The van der Waals surface area contributed by atoms with E-state index in [2.05, 4.69) is 0 Å². The molecule has 76 valence electrons. The maximum absolute atomic E-state index is 13.2. The van der Waals surface area contributed by atoms with Gasteiger partial charge in [-0.2, -0.15) is 0 Å². The first-order valence-electron chi connectivity index (χ1n) is 4.28. The highest BCUT2D eigenvalue weighted by atomic mass is 35.5. The molecule has 0 atom stereocenters. The third kappa shape index (κ3) is 2.70. The second kappa shape index (κ2) is 4.96. The molecule has 0 bridgehead atoms. The molecule has 0 aliphatic carbocycles. The highest BCUT2D eigenvalue weighted by Gasteiger charge is 2.09. The van der Waals surface area contributed by atoms with E-state index in [0.717, 1.165) is 0 Å². The van der Waals surface area contributed by atoms with E-state index in [4.69, 9.17) is 21.7 Å². The van der Waals surface area contributed by atoms with Gasteiger partial charge in [0.05, 0.1) is 13.0 Å². The van der Waals surface area contributed by atoms with E-state index in [9.17, 15) is 4.39 Å². The van der Waals surface area contributed by atoms with Gasteiger partial charge in [0.1, 0.15) is 5.82 Å². The minimum absolute atomic E-state index is 0.0273. The van der Waals surface area contributed by atoms with Crippen molar-refractivity contribution < 1.29 is 9.13 Å². The molecule has 0 heterocycles. The molecule has 0 fully saturated rings. The molecule has 1 aromatic rings. The highest BCUT2D eigenvalue weighted by molar-refractivity contribution is 6.31. The first kappa shape index (κ1) is 11.0. The summed E-state index contributed by atoms with van der Waals surface area (Å²) in [6.45, 7) is 2.18. The summed E-state index contributed by atoms with van der Waals surface area (Å²) in [4.78, 5) is 0. The predicted molar refractivity (Wildman–Crippen MR) is 54.5 cm³/mol. The quantitative estimate of drug-likeness (QED) is 0.610. The first-order chi connectivity index (χ1) is 6.65. The molecule has 2 nitrogen and oxygen atoms in total. The SMILES string of the molecule is CCOC(=N)Cc1c(F)cccc1Cl. The predicted octanol–water partition coefficient (Wildman–Crippen LogP) is 3.04. The summed E-state index contributed by atoms with van der Waals surface area (Å²) in [5.41, 5.74) is 0.313. The molecular formula is C10H11ClFNO. The number of halogens is 2. The van der Waals surface area contributed by atoms with Gasteiger partial charge in [-0.1, -0.05) is 17.7 Å². The van der Waals surface area contributed by atoms with Crippen molar-refractivity contribution in [3.8, 4) is 0 Å². The molecule has 0 spiro atoms. The van der Waals surface area contributed by atoms with E-state index in [1.54, 1.807) is 13.0 Å². The number of nitrogens with one attached hydrogen (secondary N) is 1. The fourth-order valence-corrected chi connectivity index (χ4v) is 1.32. The third-order valence-electron chi connectivity index (χ3n) is 1.72. The van der Waals surface area contributed by atoms with Crippen molar-refractivity contribution in [3.05, 3.63) is 34.6 Å². The molecule has 1 rings (SSSR count). The molecule has 0 unspecified atom stereocenters. The lowest BCUT2D eigenvalue weighted by Gasteiger charge is -2.07. The lowest BCUT2D eigenvalue weighted by molar-refractivity contribution is 0.316. The van der Waals surface area contributed by atoms with Crippen LogP contribution in [0.5, 0.6) is 0 Å². The smallest absolute Gasteiger partial charge is 0.185 e. The van der Waals surface area contributed by atoms with Gasteiger partial charge in [0.2, 0.25) is 0 Å². The van der Waals surface area contributed by atoms with Gasteiger partial charge >= 0.3 is 0 Å². The summed E-state index contributed by atoms with van der Waals surface area (Å²) in [6, 6.07) is 4.45. The minimum Gasteiger partial charge on any atom is -0.481 e. The van der Waals surface area contributed by atoms with Crippen molar-refractivity contribution in [3.63, 3.8) is 0 Å². The Morgan fingerprint density at radius 2 is 2.29 bits per heavy atom. The van der Waals surface area contributed by atoms with Gasteiger partial charge in [0.25, 0.3) is 0 Å². The topological polar surface area (TPSA) is 33.1 Å². The van der Waals surface area contributed by atoms with Gasteiger partial charge in [-0.3, -0.25) is 5.41 Å². The second-order valence-corrected chi connectivity index (χ2v) is 3.14. The number of hydrogen-bond acceptors (Lipinski definition) is 2. The van der Waals surface area contributed by atoms with E-state index in [1.165, 1.54) is 12.1 Å². The Kier molecular flexibility index (Phi) is 3.89. The second-order valence-electron chi connectivity index (χ2n) is 2.73. The van der Waals surface area contributed by atoms with Crippen LogP contribution < -0.4 is 0 Å². The molecule has 1 aromatic carbocycles. The van der Waals surface area contributed by atoms with Gasteiger partial charge in [-0.25, -0.2) is 4.39 Å².